The van der Waals surface area contributed by atoms with Crippen LogP contribution in [0.2, 0.25) is 0 Å². The highest BCUT2D eigenvalue weighted by molar-refractivity contribution is 5.25. The summed E-state index contributed by atoms with van der Waals surface area (Å²) in [6, 6.07) is 0.0369. The Kier molecular flexibility index (Phi) is 4.71. The van der Waals surface area contributed by atoms with Gasteiger partial charge >= 0.3 is 0 Å². The molecule has 5 nitrogen and oxygen atoms in total. The Labute approximate surface area is 114 Å². The van der Waals surface area contributed by atoms with Gasteiger partial charge in [-0.1, -0.05) is 6.92 Å². The van der Waals surface area contributed by atoms with Crippen LogP contribution in [0.5, 0.6) is 5.88 Å². The third kappa shape index (κ3) is 2.72. The molecule has 0 spiro atoms. The largest absolute Gasteiger partial charge is 0.480 e. The molecule has 19 heavy (non-hydrogen) atoms. The summed E-state index contributed by atoms with van der Waals surface area (Å²) in [5.74, 6) is 0.583. The third-order valence-corrected chi connectivity index (χ3v) is 3.89. The van der Waals surface area contributed by atoms with Gasteiger partial charge in [0.05, 0.1) is 18.8 Å². The lowest BCUT2D eigenvalue weighted by Crippen LogP contribution is -2.51. The molecular formula is C14H23N3O2. The van der Waals surface area contributed by atoms with E-state index in [9.17, 15) is 0 Å². The molecule has 1 aromatic heterocycles. The zero-order valence-corrected chi connectivity index (χ0v) is 12.0. The standard InChI is InChI=1S/C14H23N3O2/c1-4-8-16-12(14(19-3)6-5-7-14)11-13(18-2)17-10-9-15-11/h9-10,12,16H,4-8H2,1-3H3. The maximum atomic E-state index is 5.80. The van der Waals surface area contributed by atoms with Crippen LogP contribution in [0.4, 0.5) is 0 Å². The van der Waals surface area contributed by atoms with E-state index < -0.39 is 0 Å². The summed E-state index contributed by atoms with van der Waals surface area (Å²) in [5.41, 5.74) is 0.679. The van der Waals surface area contributed by atoms with Gasteiger partial charge in [-0.2, -0.15) is 0 Å². The topological polar surface area (TPSA) is 56.3 Å². The van der Waals surface area contributed by atoms with Crippen molar-refractivity contribution in [3.05, 3.63) is 18.1 Å². The van der Waals surface area contributed by atoms with Gasteiger partial charge in [0.25, 0.3) is 0 Å². The van der Waals surface area contributed by atoms with Crippen LogP contribution < -0.4 is 10.1 Å². The first-order valence-electron chi connectivity index (χ1n) is 6.91. The van der Waals surface area contributed by atoms with Gasteiger partial charge < -0.3 is 14.8 Å². The lowest BCUT2D eigenvalue weighted by molar-refractivity contribution is -0.101. The molecule has 0 saturated heterocycles. The van der Waals surface area contributed by atoms with Crippen molar-refractivity contribution in [2.24, 2.45) is 0 Å². The third-order valence-electron chi connectivity index (χ3n) is 3.89. The van der Waals surface area contributed by atoms with Crippen LogP contribution in [-0.2, 0) is 4.74 Å². The van der Waals surface area contributed by atoms with Gasteiger partial charge in [0.15, 0.2) is 0 Å². The lowest BCUT2D eigenvalue weighted by atomic mass is 9.73. The Bertz CT molecular complexity index is 402. The molecule has 0 aromatic carbocycles. The molecule has 1 unspecified atom stereocenters. The first kappa shape index (κ1) is 14.2. The predicted octanol–water partition coefficient (Wildman–Crippen LogP) is 2.09. The van der Waals surface area contributed by atoms with Gasteiger partial charge in [-0.25, -0.2) is 4.98 Å². The van der Waals surface area contributed by atoms with E-state index in [1.54, 1.807) is 26.6 Å². The number of ether oxygens (including phenoxy) is 2. The molecule has 0 radical (unpaired) electrons. The van der Waals surface area contributed by atoms with Gasteiger partial charge in [0.1, 0.15) is 5.69 Å². The second kappa shape index (κ2) is 6.30. The monoisotopic (exact) mass is 265 g/mol. The molecule has 1 heterocycles. The molecule has 0 amide bonds. The summed E-state index contributed by atoms with van der Waals surface area (Å²) >= 11 is 0. The minimum absolute atomic E-state index is 0.0369. The second-order valence-corrected chi connectivity index (χ2v) is 4.96. The summed E-state index contributed by atoms with van der Waals surface area (Å²) in [6.07, 6.45) is 7.72. The molecule has 1 fully saturated rings. The van der Waals surface area contributed by atoms with Gasteiger partial charge in [-0.05, 0) is 32.2 Å². The Morgan fingerprint density at radius 1 is 1.32 bits per heavy atom. The number of nitrogens with one attached hydrogen (secondary N) is 1. The van der Waals surface area contributed by atoms with Gasteiger partial charge in [0.2, 0.25) is 5.88 Å². The van der Waals surface area contributed by atoms with Crippen LogP contribution in [0, 0.1) is 0 Å². The molecule has 5 heteroatoms. The van der Waals surface area contributed by atoms with E-state index in [-0.39, 0.29) is 11.6 Å². The molecular weight excluding hydrogens is 242 g/mol. The van der Waals surface area contributed by atoms with Crippen molar-refractivity contribution >= 4 is 0 Å². The Balaban J connectivity index is 2.31. The second-order valence-electron chi connectivity index (χ2n) is 4.96. The summed E-state index contributed by atoms with van der Waals surface area (Å²) in [6.45, 7) is 3.08. The van der Waals surface area contributed by atoms with Crippen molar-refractivity contribution in [3.8, 4) is 5.88 Å². The van der Waals surface area contributed by atoms with Gasteiger partial charge in [0, 0.05) is 19.5 Å². The van der Waals surface area contributed by atoms with E-state index in [2.05, 4.69) is 22.2 Å². The fourth-order valence-electron chi connectivity index (χ4n) is 2.65. The minimum atomic E-state index is -0.168. The van der Waals surface area contributed by atoms with Crippen molar-refractivity contribution in [3.63, 3.8) is 0 Å². The molecule has 1 aliphatic carbocycles. The van der Waals surface area contributed by atoms with Crippen LogP contribution in [0.3, 0.4) is 0 Å². The smallest absolute Gasteiger partial charge is 0.237 e. The van der Waals surface area contributed by atoms with Crippen LogP contribution in [-0.4, -0.2) is 36.3 Å². The molecule has 106 valence electrons. The highest BCUT2D eigenvalue weighted by Crippen LogP contribution is 2.45. The zero-order chi connectivity index (χ0) is 13.7. The average molecular weight is 265 g/mol. The fourth-order valence-corrected chi connectivity index (χ4v) is 2.65. The first-order chi connectivity index (χ1) is 9.27. The van der Waals surface area contributed by atoms with E-state index in [4.69, 9.17) is 9.47 Å². The van der Waals surface area contributed by atoms with E-state index in [1.165, 1.54) is 6.42 Å². The maximum Gasteiger partial charge on any atom is 0.237 e. The molecule has 2 rings (SSSR count). The molecule has 1 N–H and O–H groups in total. The molecule has 1 aromatic rings. The Morgan fingerprint density at radius 3 is 2.58 bits per heavy atom. The highest BCUT2D eigenvalue weighted by atomic mass is 16.5. The SMILES string of the molecule is CCCNC(c1nccnc1OC)C1(OC)CCC1. The molecule has 0 aliphatic heterocycles. The van der Waals surface area contributed by atoms with Crippen molar-refractivity contribution in [2.45, 2.75) is 44.2 Å². The van der Waals surface area contributed by atoms with Crippen LogP contribution in [0.15, 0.2) is 12.4 Å². The molecule has 0 bridgehead atoms. The normalized spacial score (nSPS) is 18.7. The lowest BCUT2D eigenvalue weighted by Gasteiger charge is -2.46. The van der Waals surface area contributed by atoms with Crippen LogP contribution in [0.25, 0.3) is 0 Å². The maximum absolute atomic E-state index is 5.80. The van der Waals surface area contributed by atoms with E-state index in [0.717, 1.165) is 31.5 Å². The number of hydrogen-bond donors (Lipinski definition) is 1. The average Bonchev–Trinajstić information content (AvgIpc) is 2.41. The van der Waals surface area contributed by atoms with E-state index in [0.29, 0.717) is 5.88 Å². The summed E-state index contributed by atoms with van der Waals surface area (Å²) in [7, 11) is 3.41. The molecule has 1 atom stereocenters. The Morgan fingerprint density at radius 2 is 2.05 bits per heavy atom. The number of hydrogen-bond acceptors (Lipinski definition) is 5. The fraction of sp³-hybridized carbons (Fsp3) is 0.714. The van der Waals surface area contributed by atoms with Crippen molar-refractivity contribution in [1.29, 1.82) is 0 Å². The van der Waals surface area contributed by atoms with Crippen molar-refractivity contribution in [1.82, 2.24) is 15.3 Å². The van der Waals surface area contributed by atoms with E-state index >= 15 is 0 Å². The number of rotatable bonds is 7. The van der Waals surface area contributed by atoms with Gasteiger partial charge in [-0.3, -0.25) is 4.98 Å². The van der Waals surface area contributed by atoms with E-state index in [1.807, 2.05) is 0 Å². The van der Waals surface area contributed by atoms with Crippen LogP contribution >= 0.6 is 0 Å². The van der Waals surface area contributed by atoms with Crippen molar-refractivity contribution in [2.75, 3.05) is 20.8 Å². The number of aromatic nitrogens is 2. The van der Waals surface area contributed by atoms with Crippen LogP contribution in [0.1, 0.15) is 44.3 Å². The first-order valence-corrected chi connectivity index (χ1v) is 6.91. The highest BCUT2D eigenvalue weighted by Gasteiger charge is 2.46. The number of methoxy groups -OCH3 is 2. The molecule has 1 aliphatic rings. The minimum Gasteiger partial charge on any atom is -0.480 e. The molecule has 1 saturated carbocycles. The summed E-state index contributed by atoms with van der Waals surface area (Å²) in [4.78, 5) is 8.72. The summed E-state index contributed by atoms with van der Waals surface area (Å²) < 4.78 is 11.1. The quantitative estimate of drug-likeness (QED) is 0.818. The van der Waals surface area contributed by atoms with Crippen molar-refractivity contribution < 1.29 is 9.47 Å². The van der Waals surface area contributed by atoms with Gasteiger partial charge in [-0.15, -0.1) is 0 Å². The zero-order valence-electron chi connectivity index (χ0n) is 12.0. The number of nitrogens with zero attached hydrogens (tertiary/aromatic N) is 2. The Hall–Kier alpha value is -1.20. The summed E-state index contributed by atoms with van der Waals surface area (Å²) in [5, 5.41) is 3.55. The predicted molar refractivity (Wildman–Crippen MR) is 73.2 cm³/mol.